The SMILES string of the molecule is CCNC1CC(Oc2c(C)nn(C)c2C)C1OC. The van der Waals surface area contributed by atoms with Crippen LogP contribution in [0.3, 0.4) is 0 Å². The Labute approximate surface area is 108 Å². The van der Waals surface area contributed by atoms with Crippen molar-refractivity contribution in [2.75, 3.05) is 13.7 Å². The molecule has 0 aromatic carbocycles. The quantitative estimate of drug-likeness (QED) is 0.856. The van der Waals surface area contributed by atoms with Gasteiger partial charge < -0.3 is 14.8 Å². The van der Waals surface area contributed by atoms with E-state index in [0.717, 1.165) is 30.1 Å². The lowest BCUT2D eigenvalue weighted by Gasteiger charge is -2.43. The van der Waals surface area contributed by atoms with E-state index in [9.17, 15) is 0 Å². The highest BCUT2D eigenvalue weighted by Gasteiger charge is 2.43. The average molecular weight is 253 g/mol. The van der Waals surface area contributed by atoms with Crippen LogP contribution < -0.4 is 10.1 Å². The molecule has 0 bridgehead atoms. The molecule has 2 rings (SSSR count). The number of methoxy groups -OCH3 is 1. The van der Waals surface area contributed by atoms with Gasteiger partial charge in [-0.05, 0) is 20.4 Å². The van der Waals surface area contributed by atoms with Gasteiger partial charge in [0.1, 0.15) is 17.9 Å². The van der Waals surface area contributed by atoms with Gasteiger partial charge in [-0.3, -0.25) is 4.68 Å². The molecule has 0 radical (unpaired) electrons. The molecule has 1 aromatic heterocycles. The van der Waals surface area contributed by atoms with Gasteiger partial charge in [0, 0.05) is 26.6 Å². The van der Waals surface area contributed by atoms with Crippen molar-refractivity contribution in [1.29, 1.82) is 0 Å². The zero-order chi connectivity index (χ0) is 13.3. The van der Waals surface area contributed by atoms with Crippen molar-refractivity contribution < 1.29 is 9.47 Å². The summed E-state index contributed by atoms with van der Waals surface area (Å²) in [6.45, 7) is 7.07. The van der Waals surface area contributed by atoms with Gasteiger partial charge in [-0.25, -0.2) is 0 Å². The van der Waals surface area contributed by atoms with Crippen molar-refractivity contribution in [3.05, 3.63) is 11.4 Å². The van der Waals surface area contributed by atoms with Gasteiger partial charge in [-0.2, -0.15) is 5.10 Å². The third-order valence-corrected chi connectivity index (χ3v) is 3.70. The summed E-state index contributed by atoms with van der Waals surface area (Å²) in [4.78, 5) is 0. The molecule has 1 saturated carbocycles. The average Bonchev–Trinajstić information content (AvgIpc) is 2.54. The van der Waals surface area contributed by atoms with Crippen LogP contribution in [0.1, 0.15) is 24.7 Å². The molecule has 1 aliphatic carbocycles. The fourth-order valence-corrected chi connectivity index (χ4v) is 2.55. The smallest absolute Gasteiger partial charge is 0.163 e. The molecular formula is C13H23N3O2. The minimum absolute atomic E-state index is 0.126. The maximum absolute atomic E-state index is 6.06. The van der Waals surface area contributed by atoms with Gasteiger partial charge in [0.05, 0.1) is 5.69 Å². The van der Waals surface area contributed by atoms with E-state index in [4.69, 9.17) is 9.47 Å². The summed E-state index contributed by atoms with van der Waals surface area (Å²) < 4.78 is 13.4. The second kappa shape index (κ2) is 5.28. The fourth-order valence-electron chi connectivity index (χ4n) is 2.55. The number of hydrogen-bond donors (Lipinski definition) is 1. The van der Waals surface area contributed by atoms with Gasteiger partial charge in [0.25, 0.3) is 0 Å². The molecule has 3 unspecified atom stereocenters. The number of likely N-dealkylation sites (N-methyl/N-ethyl adjacent to an activating group) is 1. The highest BCUT2D eigenvalue weighted by atomic mass is 16.5. The van der Waals surface area contributed by atoms with Crippen LogP contribution in [0.25, 0.3) is 0 Å². The molecule has 5 heteroatoms. The van der Waals surface area contributed by atoms with E-state index in [2.05, 4.69) is 17.3 Å². The molecule has 0 spiro atoms. The summed E-state index contributed by atoms with van der Waals surface area (Å²) in [7, 11) is 3.68. The van der Waals surface area contributed by atoms with E-state index in [-0.39, 0.29) is 12.2 Å². The second-order valence-corrected chi connectivity index (χ2v) is 4.88. The molecule has 1 aliphatic rings. The van der Waals surface area contributed by atoms with Gasteiger partial charge >= 0.3 is 0 Å². The summed E-state index contributed by atoms with van der Waals surface area (Å²) in [5, 5.41) is 7.77. The van der Waals surface area contributed by atoms with Crippen molar-refractivity contribution in [3.8, 4) is 5.75 Å². The third kappa shape index (κ3) is 2.24. The van der Waals surface area contributed by atoms with E-state index in [1.54, 1.807) is 7.11 Å². The molecule has 1 N–H and O–H groups in total. The Balaban J connectivity index is 2.02. The van der Waals surface area contributed by atoms with Crippen molar-refractivity contribution in [3.63, 3.8) is 0 Å². The maximum atomic E-state index is 6.06. The third-order valence-electron chi connectivity index (χ3n) is 3.70. The molecule has 0 saturated heterocycles. The van der Waals surface area contributed by atoms with E-state index >= 15 is 0 Å². The standard InChI is InChI=1S/C13H23N3O2/c1-6-14-10-7-11(13(10)17-5)18-12-8(2)15-16(4)9(12)3/h10-11,13-14H,6-7H2,1-5H3. The zero-order valence-electron chi connectivity index (χ0n) is 11.9. The first-order valence-electron chi connectivity index (χ1n) is 6.51. The Bertz CT molecular complexity index is 417. The summed E-state index contributed by atoms with van der Waals surface area (Å²) in [5.41, 5.74) is 2.01. The first-order chi connectivity index (χ1) is 8.58. The van der Waals surface area contributed by atoms with Crippen LogP contribution in [-0.4, -0.2) is 41.7 Å². The summed E-state index contributed by atoms with van der Waals surface area (Å²) in [6.07, 6.45) is 1.24. The van der Waals surface area contributed by atoms with Gasteiger partial charge in [-0.1, -0.05) is 6.92 Å². The van der Waals surface area contributed by atoms with Crippen molar-refractivity contribution >= 4 is 0 Å². The first kappa shape index (κ1) is 13.4. The lowest BCUT2D eigenvalue weighted by molar-refractivity contribution is -0.0888. The van der Waals surface area contributed by atoms with E-state index in [1.165, 1.54) is 0 Å². The summed E-state index contributed by atoms with van der Waals surface area (Å²) in [5.74, 6) is 0.902. The minimum Gasteiger partial charge on any atom is -0.484 e. The molecular weight excluding hydrogens is 230 g/mol. The Morgan fingerprint density at radius 2 is 2.17 bits per heavy atom. The normalized spacial score (nSPS) is 27.1. The number of nitrogens with zero attached hydrogens (tertiary/aromatic N) is 2. The van der Waals surface area contributed by atoms with Crippen molar-refractivity contribution in [2.45, 2.75) is 45.4 Å². The van der Waals surface area contributed by atoms with Crippen LogP contribution >= 0.6 is 0 Å². The number of hydrogen-bond acceptors (Lipinski definition) is 4. The first-order valence-corrected chi connectivity index (χ1v) is 6.51. The molecule has 0 aliphatic heterocycles. The second-order valence-electron chi connectivity index (χ2n) is 4.88. The van der Waals surface area contributed by atoms with Gasteiger partial charge in [0.15, 0.2) is 5.75 Å². The lowest BCUT2D eigenvalue weighted by atomic mass is 9.85. The lowest BCUT2D eigenvalue weighted by Crippen LogP contribution is -2.61. The minimum atomic E-state index is 0.126. The highest BCUT2D eigenvalue weighted by molar-refractivity contribution is 5.32. The van der Waals surface area contributed by atoms with Gasteiger partial charge in [0.2, 0.25) is 0 Å². The van der Waals surface area contributed by atoms with Crippen LogP contribution in [0.5, 0.6) is 5.75 Å². The number of ether oxygens (including phenoxy) is 2. The number of nitrogens with one attached hydrogen (secondary N) is 1. The fraction of sp³-hybridized carbons (Fsp3) is 0.769. The van der Waals surface area contributed by atoms with Crippen LogP contribution in [0, 0.1) is 13.8 Å². The molecule has 1 aromatic rings. The molecule has 5 nitrogen and oxygen atoms in total. The van der Waals surface area contributed by atoms with E-state index in [0.29, 0.717) is 6.04 Å². The summed E-state index contributed by atoms with van der Waals surface area (Å²) >= 11 is 0. The molecule has 18 heavy (non-hydrogen) atoms. The Morgan fingerprint density at radius 3 is 2.67 bits per heavy atom. The predicted molar refractivity (Wildman–Crippen MR) is 70.0 cm³/mol. The number of rotatable bonds is 5. The molecule has 1 fully saturated rings. The Kier molecular flexibility index (Phi) is 3.92. The molecule has 102 valence electrons. The zero-order valence-corrected chi connectivity index (χ0v) is 11.9. The molecule has 0 amide bonds. The van der Waals surface area contributed by atoms with Crippen LogP contribution in [-0.2, 0) is 11.8 Å². The maximum Gasteiger partial charge on any atom is 0.163 e. The van der Waals surface area contributed by atoms with E-state index in [1.807, 2.05) is 25.6 Å². The molecule has 3 atom stereocenters. The van der Waals surface area contributed by atoms with E-state index < -0.39 is 0 Å². The summed E-state index contributed by atoms with van der Waals surface area (Å²) in [6, 6.07) is 0.405. The Hall–Kier alpha value is -1.07. The van der Waals surface area contributed by atoms with Gasteiger partial charge in [-0.15, -0.1) is 0 Å². The Morgan fingerprint density at radius 1 is 1.44 bits per heavy atom. The highest BCUT2D eigenvalue weighted by Crippen LogP contribution is 2.31. The molecule has 1 heterocycles. The number of aryl methyl sites for hydroxylation is 2. The van der Waals surface area contributed by atoms with Crippen molar-refractivity contribution in [2.24, 2.45) is 7.05 Å². The number of aromatic nitrogens is 2. The largest absolute Gasteiger partial charge is 0.484 e. The predicted octanol–water partition coefficient (Wildman–Crippen LogP) is 1.18. The van der Waals surface area contributed by atoms with Crippen molar-refractivity contribution in [1.82, 2.24) is 15.1 Å². The topological polar surface area (TPSA) is 48.3 Å². The van der Waals surface area contributed by atoms with Crippen LogP contribution in [0.2, 0.25) is 0 Å². The monoisotopic (exact) mass is 253 g/mol. The van der Waals surface area contributed by atoms with Crippen LogP contribution in [0.4, 0.5) is 0 Å². The van der Waals surface area contributed by atoms with Crippen LogP contribution in [0.15, 0.2) is 0 Å².